The maximum atomic E-state index is 12.6. The molecule has 1 aromatic heterocycles. The van der Waals surface area contributed by atoms with E-state index in [0.29, 0.717) is 0 Å². The number of hydrogen-bond acceptors (Lipinski definition) is 3. The molecule has 0 radical (unpaired) electrons. The van der Waals surface area contributed by atoms with Crippen molar-refractivity contribution in [3.05, 3.63) is 59.4 Å². The first-order valence-corrected chi connectivity index (χ1v) is 9.62. The number of amides is 1. The number of rotatable bonds is 4. The standard InChI is InChI=1S/C22H26N4O/c1-15-7-8-18(13-16(15)2)23-22(27)17-9-11-26(12-10-17)14-21-24-19-5-3-4-6-20(19)25-21/h3-8,13,17H,9-12,14H2,1-2H3,(H,23,27)(H,24,25). The number of fused-ring (bicyclic) bond motifs is 1. The van der Waals surface area contributed by atoms with Gasteiger partial charge in [-0.15, -0.1) is 0 Å². The predicted octanol–water partition coefficient (Wildman–Crippen LogP) is 4.03. The Morgan fingerprint density at radius 2 is 1.93 bits per heavy atom. The van der Waals surface area contributed by atoms with E-state index < -0.39 is 0 Å². The Balaban J connectivity index is 1.31. The van der Waals surface area contributed by atoms with Crippen molar-refractivity contribution in [2.24, 2.45) is 5.92 Å². The fourth-order valence-corrected chi connectivity index (χ4v) is 3.71. The second kappa shape index (κ2) is 7.53. The summed E-state index contributed by atoms with van der Waals surface area (Å²) in [5.74, 6) is 1.22. The van der Waals surface area contributed by atoms with Crippen molar-refractivity contribution >= 4 is 22.6 Å². The first-order valence-electron chi connectivity index (χ1n) is 9.62. The van der Waals surface area contributed by atoms with Crippen LogP contribution in [0.2, 0.25) is 0 Å². The first kappa shape index (κ1) is 17.7. The molecule has 140 valence electrons. The van der Waals surface area contributed by atoms with Crippen molar-refractivity contribution in [1.82, 2.24) is 14.9 Å². The van der Waals surface area contributed by atoms with Gasteiger partial charge in [-0.2, -0.15) is 0 Å². The average Bonchev–Trinajstić information content (AvgIpc) is 3.07. The van der Waals surface area contributed by atoms with Crippen molar-refractivity contribution in [1.29, 1.82) is 0 Å². The largest absolute Gasteiger partial charge is 0.341 e. The zero-order valence-electron chi connectivity index (χ0n) is 16.0. The molecular weight excluding hydrogens is 336 g/mol. The number of anilines is 1. The molecule has 0 spiro atoms. The summed E-state index contributed by atoms with van der Waals surface area (Å²) >= 11 is 0. The van der Waals surface area contributed by atoms with Gasteiger partial charge in [0.1, 0.15) is 5.82 Å². The molecule has 27 heavy (non-hydrogen) atoms. The molecule has 4 rings (SSSR count). The highest BCUT2D eigenvalue weighted by atomic mass is 16.1. The van der Waals surface area contributed by atoms with Gasteiger partial charge in [0, 0.05) is 11.6 Å². The van der Waals surface area contributed by atoms with Crippen LogP contribution in [0.3, 0.4) is 0 Å². The molecule has 5 nitrogen and oxygen atoms in total. The highest BCUT2D eigenvalue weighted by Crippen LogP contribution is 2.22. The SMILES string of the molecule is Cc1ccc(NC(=O)C2CCN(Cc3nc4ccccc4[nH]3)CC2)cc1C. The van der Waals surface area contributed by atoms with Crippen molar-refractivity contribution in [2.45, 2.75) is 33.2 Å². The molecule has 5 heteroatoms. The summed E-state index contributed by atoms with van der Waals surface area (Å²) in [6, 6.07) is 14.2. The number of benzene rings is 2. The number of imidazole rings is 1. The van der Waals surface area contributed by atoms with E-state index in [-0.39, 0.29) is 11.8 Å². The van der Waals surface area contributed by atoms with E-state index in [9.17, 15) is 4.79 Å². The number of piperidine rings is 1. The summed E-state index contributed by atoms with van der Waals surface area (Å²) in [4.78, 5) is 23.0. The summed E-state index contributed by atoms with van der Waals surface area (Å²) in [5.41, 5.74) is 5.43. The minimum absolute atomic E-state index is 0.0820. The van der Waals surface area contributed by atoms with Gasteiger partial charge in [-0.3, -0.25) is 9.69 Å². The van der Waals surface area contributed by atoms with Gasteiger partial charge < -0.3 is 10.3 Å². The summed E-state index contributed by atoms with van der Waals surface area (Å²) < 4.78 is 0. The number of aromatic nitrogens is 2. The van der Waals surface area contributed by atoms with Crippen LogP contribution in [0.4, 0.5) is 5.69 Å². The molecule has 1 aliphatic heterocycles. The minimum atomic E-state index is 0.0820. The van der Waals surface area contributed by atoms with Crippen LogP contribution in [0.15, 0.2) is 42.5 Å². The highest BCUT2D eigenvalue weighted by Gasteiger charge is 2.25. The Morgan fingerprint density at radius 1 is 1.15 bits per heavy atom. The van der Waals surface area contributed by atoms with Gasteiger partial charge >= 0.3 is 0 Å². The van der Waals surface area contributed by atoms with Crippen LogP contribution >= 0.6 is 0 Å². The molecule has 3 aromatic rings. The third kappa shape index (κ3) is 4.03. The van der Waals surface area contributed by atoms with Gasteiger partial charge in [-0.1, -0.05) is 18.2 Å². The number of carbonyl (C=O) groups is 1. The second-order valence-corrected chi connectivity index (χ2v) is 7.54. The lowest BCUT2D eigenvalue weighted by Gasteiger charge is -2.30. The van der Waals surface area contributed by atoms with Gasteiger partial charge in [0.2, 0.25) is 5.91 Å². The normalized spacial score (nSPS) is 15.9. The number of likely N-dealkylation sites (tertiary alicyclic amines) is 1. The molecule has 0 aliphatic carbocycles. The molecule has 2 N–H and O–H groups in total. The minimum Gasteiger partial charge on any atom is -0.341 e. The number of nitrogens with one attached hydrogen (secondary N) is 2. The lowest BCUT2D eigenvalue weighted by atomic mass is 9.95. The number of carbonyl (C=O) groups excluding carboxylic acids is 1. The van der Waals surface area contributed by atoms with Crippen LogP contribution in [0, 0.1) is 19.8 Å². The fraction of sp³-hybridized carbons (Fsp3) is 0.364. The lowest BCUT2D eigenvalue weighted by molar-refractivity contribution is -0.121. The third-order valence-corrected chi connectivity index (χ3v) is 5.54. The lowest BCUT2D eigenvalue weighted by Crippen LogP contribution is -2.38. The van der Waals surface area contributed by atoms with Crippen LogP contribution in [0.5, 0.6) is 0 Å². The number of hydrogen-bond donors (Lipinski definition) is 2. The zero-order valence-corrected chi connectivity index (χ0v) is 16.0. The van der Waals surface area contributed by atoms with E-state index >= 15 is 0 Å². The second-order valence-electron chi connectivity index (χ2n) is 7.54. The van der Waals surface area contributed by atoms with E-state index in [1.807, 2.05) is 30.3 Å². The Hall–Kier alpha value is -2.66. The predicted molar refractivity (Wildman–Crippen MR) is 109 cm³/mol. The Morgan fingerprint density at radius 3 is 2.67 bits per heavy atom. The maximum Gasteiger partial charge on any atom is 0.227 e. The molecular formula is C22H26N4O. The van der Waals surface area contributed by atoms with Crippen LogP contribution < -0.4 is 5.32 Å². The third-order valence-electron chi connectivity index (χ3n) is 5.54. The number of para-hydroxylation sites is 2. The van der Waals surface area contributed by atoms with E-state index in [4.69, 9.17) is 0 Å². The van der Waals surface area contributed by atoms with Crippen LogP contribution in [-0.4, -0.2) is 33.9 Å². The van der Waals surface area contributed by atoms with Gasteiger partial charge in [0.05, 0.1) is 17.6 Å². The molecule has 0 atom stereocenters. The first-order chi connectivity index (χ1) is 13.1. The number of aryl methyl sites for hydroxylation is 2. The smallest absolute Gasteiger partial charge is 0.227 e. The summed E-state index contributed by atoms with van der Waals surface area (Å²) in [5, 5.41) is 3.09. The highest BCUT2D eigenvalue weighted by molar-refractivity contribution is 5.92. The van der Waals surface area contributed by atoms with Gasteiger partial charge in [0.25, 0.3) is 0 Å². The Kier molecular flexibility index (Phi) is 4.94. The summed E-state index contributed by atoms with van der Waals surface area (Å²) in [6.45, 7) is 6.80. The molecule has 2 heterocycles. The molecule has 1 amide bonds. The van der Waals surface area contributed by atoms with Gasteiger partial charge in [-0.05, 0) is 75.2 Å². The molecule has 0 bridgehead atoms. The monoisotopic (exact) mass is 362 g/mol. The Labute approximate surface area is 159 Å². The maximum absolute atomic E-state index is 12.6. The van der Waals surface area contributed by atoms with E-state index in [2.05, 4.69) is 46.2 Å². The van der Waals surface area contributed by atoms with E-state index in [0.717, 1.165) is 55.0 Å². The van der Waals surface area contributed by atoms with Crippen LogP contribution in [-0.2, 0) is 11.3 Å². The molecule has 1 fully saturated rings. The number of aromatic amines is 1. The van der Waals surface area contributed by atoms with Crippen LogP contribution in [0.1, 0.15) is 29.8 Å². The van der Waals surface area contributed by atoms with Crippen LogP contribution in [0.25, 0.3) is 11.0 Å². The molecule has 1 aliphatic rings. The fourth-order valence-electron chi connectivity index (χ4n) is 3.71. The van der Waals surface area contributed by atoms with Crippen molar-refractivity contribution < 1.29 is 4.79 Å². The molecule has 0 saturated carbocycles. The van der Waals surface area contributed by atoms with Crippen molar-refractivity contribution in [3.8, 4) is 0 Å². The topological polar surface area (TPSA) is 61.0 Å². The molecule has 0 unspecified atom stereocenters. The molecule has 1 saturated heterocycles. The Bertz CT molecular complexity index is 921. The number of nitrogens with zero attached hydrogens (tertiary/aromatic N) is 2. The van der Waals surface area contributed by atoms with E-state index in [1.165, 1.54) is 11.1 Å². The van der Waals surface area contributed by atoms with Gasteiger partial charge in [0.15, 0.2) is 0 Å². The van der Waals surface area contributed by atoms with Gasteiger partial charge in [-0.25, -0.2) is 4.98 Å². The van der Waals surface area contributed by atoms with E-state index in [1.54, 1.807) is 0 Å². The zero-order chi connectivity index (χ0) is 18.8. The van der Waals surface area contributed by atoms with Crippen molar-refractivity contribution in [3.63, 3.8) is 0 Å². The molecule has 2 aromatic carbocycles. The number of H-pyrrole nitrogens is 1. The quantitative estimate of drug-likeness (QED) is 0.737. The summed E-state index contributed by atoms with van der Waals surface area (Å²) in [7, 11) is 0. The summed E-state index contributed by atoms with van der Waals surface area (Å²) in [6.07, 6.45) is 1.77. The van der Waals surface area contributed by atoms with Crippen molar-refractivity contribution in [2.75, 3.05) is 18.4 Å². The average molecular weight is 362 g/mol.